The van der Waals surface area contributed by atoms with Gasteiger partial charge in [-0.25, -0.2) is 9.78 Å². The number of amides is 1. The van der Waals surface area contributed by atoms with Crippen LogP contribution < -0.4 is 4.74 Å². The third-order valence-corrected chi connectivity index (χ3v) is 12.6. The van der Waals surface area contributed by atoms with Gasteiger partial charge >= 0.3 is 11.9 Å². The number of carbonyl (C=O) groups excluding carboxylic acids is 1. The number of ether oxygens (including phenoxy) is 1. The Kier molecular flexibility index (Phi) is 17.1. The molecule has 0 spiro atoms. The van der Waals surface area contributed by atoms with E-state index in [4.69, 9.17) is 19.4 Å². The molecule has 1 heterocycles. The molecule has 0 atom stereocenters. The lowest BCUT2D eigenvalue weighted by Gasteiger charge is -2.16. The van der Waals surface area contributed by atoms with Crippen LogP contribution in [-0.4, -0.2) is 69.6 Å². The van der Waals surface area contributed by atoms with Gasteiger partial charge in [0.25, 0.3) is 5.91 Å². The summed E-state index contributed by atoms with van der Waals surface area (Å²) in [6, 6.07) is 28.4. The van der Waals surface area contributed by atoms with Crippen molar-refractivity contribution in [1.29, 1.82) is 0 Å². The van der Waals surface area contributed by atoms with Crippen molar-refractivity contribution in [3.63, 3.8) is 0 Å². The Balaban J connectivity index is 0.927. The molecule has 0 fully saturated rings. The van der Waals surface area contributed by atoms with Crippen molar-refractivity contribution in [3.05, 3.63) is 136 Å². The molecule has 9 nitrogen and oxygen atoms in total. The predicted molar refractivity (Wildman–Crippen MR) is 236 cm³/mol. The fourth-order valence-electron chi connectivity index (χ4n) is 6.15. The largest absolute Gasteiger partial charge is 0.494 e. The number of hydrogen-bond donors (Lipinski definition) is 2. The number of carboxylic acid groups (broad SMARTS) is 2. The van der Waals surface area contributed by atoms with Crippen LogP contribution in [0.1, 0.15) is 88.2 Å². The number of hydrogen-bond acceptors (Lipinski definition) is 8. The quantitative estimate of drug-likeness (QED) is 0.0483. The number of rotatable bonds is 23. The monoisotopic (exact) mass is 884 g/mol. The molecule has 4 aromatic carbocycles. The van der Waals surface area contributed by atoms with E-state index in [2.05, 4.69) is 51.8 Å². The summed E-state index contributed by atoms with van der Waals surface area (Å²) in [6.07, 6.45) is 7.63. The normalized spacial score (nSPS) is 11.0. The number of unbranched alkanes of at least 4 members (excludes halogenated alkanes) is 5. The van der Waals surface area contributed by atoms with Crippen LogP contribution in [0.15, 0.2) is 116 Å². The Morgan fingerprint density at radius 3 is 2.07 bits per heavy atom. The first-order valence-electron chi connectivity index (χ1n) is 19.3. The molecule has 0 bridgehead atoms. The van der Waals surface area contributed by atoms with Gasteiger partial charge < -0.3 is 24.3 Å². The van der Waals surface area contributed by atoms with Crippen LogP contribution in [0.5, 0.6) is 5.75 Å². The molecular weight excluding hydrogens is 837 g/mol. The van der Waals surface area contributed by atoms with E-state index in [9.17, 15) is 14.4 Å². The van der Waals surface area contributed by atoms with E-state index < -0.39 is 11.9 Å². The van der Waals surface area contributed by atoms with E-state index in [-0.39, 0.29) is 17.9 Å². The first-order valence-corrected chi connectivity index (χ1v) is 22.1. The molecule has 12 heteroatoms. The molecule has 5 rings (SSSR count). The predicted octanol–water partition coefficient (Wildman–Crippen LogP) is 11.6. The minimum absolute atomic E-state index is 0.0136. The lowest BCUT2D eigenvalue weighted by Crippen LogP contribution is -2.28. The molecule has 0 aliphatic rings. The van der Waals surface area contributed by atoms with E-state index in [1.54, 1.807) is 54.9 Å². The number of carbonyl (C=O) groups is 3. The minimum atomic E-state index is -0.934. The van der Waals surface area contributed by atoms with Gasteiger partial charge in [-0.05, 0) is 137 Å². The Morgan fingerprint density at radius 1 is 0.793 bits per heavy atom. The maximum absolute atomic E-state index is 13.2. The highest BCUT2D eigenvalue weighted by Crippen LogP contribution is 2.30. The lowest BCUT2D eigenvalue weighted by molar-refractivity contribution is -0.136. The average Bonchev–Trinajstić information content (AvgIpc) is 3.61. The number of thioether (sulfide) groups is 2. The van der Waals surface area contributed by atoms with Crippen LogP contribution in [0.2, 0.25) is 0 Å². The Hall–Kier alpha value is -4.78. The highest BCUT2D eigenvalue weighted by molar-refractivity contribution is 9.10. The van der Waals surface area contributed by atoms with E-state index in [0.29, 0.717) is 30.5 Å². The summed E-state index contributed by atoms with van der Waals surface area (Å²) in [5.74, 6) is 1.55. The molecular formula is C46H49BrN2O7S2. The van der Waals surface area contributed by atoms with Crippen molar-refractivity contribution in [2.75, 3.05) is 31.7 Å². The number of nitrogens with zero attached hydrogens (tertiary/aromatic N) is 2. The summed E-state index contributed by atoms with van der Waals surface area (Å²) in [5, 5.41) is 18.1. The molecule has 0 unspecified atom stereocenters. The first-order chi connectivity index (χ1) is 28.0. The number of aryl methyl sites for hydroxylation is 1. The molecule has 0 aliphatic carbocycles. The van der Waals surface area contributed by atoms with Crippen LogP contribution in [0.3, 0.4) is 0 Å². The summed E-state index contributed by atoms with van der Waals surface area (Å²) in [7, 11) is 1.77. The fourth-order valence-corrected chi connectivity index (χ4v) is 8.69. The molecule has 2 N–H and O–H groups in total. The van der Waals surface area contributed by atoms with Gasteiger partial charge in [0, 0.05) is 33.4 Å². The van der Waals surface area contributed by atoms with E-state index >= 15 is 0 Å². The third kappa shape index (κ3) is 13.4. The molecule has 5 aromatic rings. The Bertz CT molecular complexity index is 2150. The number of halogens is 1. The van der Waals surface area contributed by atoms with Gasteiger partial charge in [0.15, 0.2) is 5.69 Å². The van der Waals surface area contributed by atoms with Gasteiger partial charge in [0.05, 0.1) is 18.6 Å². The molecule has 0 radical (unpaired) electrons. The van der Waals surface area contributed by atoms with Gasteiger partial charge in [0.1, 0.15) is 11.5 Å². The molecule has 0 aliphatic heterocycles. The third-order valence-electron chi connectivity index (χ3n) is 9.45. The van der Waals surface area contributed by atoms with Crippen molar-refractivity contribution >= 4 is 62.9 Å². The molecule has 1 aromatic heterocycles. The number of carboxylic acids is 2. The molecule has 304 valence electrons. The second-order valence-corrected chi connectivity index (χ2v) is 17.1. The maximum Gasteiger partial charge on any atom is 0.335 e. The first kappa shape index (κ1) is 44.3. The zero-order chi connectivity index (χ0) is 41.4. The zero-order valence-electron chi connectivity index (χ0n) is 32.9. The number of aliphatic carboxylic acids is 1. The second kappa shape index (κ2) is 22.4. The van der Waals surface area contributed by atoms with Crippen molar-refractivity contribution in [1.82, 2.24) is 9.88 Å². The molecule has 0 saturated carbocycles. The summed E-state index contributed by atoms with van der Waals surface area (Å²) in [6.45, 7) is 7.16. The van der Waals surface area contributed by atoms with E-state index in [1.165, 1.54) is 30.6 Å². The van der Waals surface area contributed by atoms with Crippen molar-refractivity contribution < 1.29 is 33.8 Å². The number of aromatic carboxylic acids is 1. The van der Waals surface area contributed by atoms with Crippen molar-refractivity contribution in [3.8, 4) is 17.2 Å². The highest BCUT2D eigenvalue weighted by Gasteiger charge is 2.21. The Labute approximate surface area is 357 Å². The molecule has 1 amide bonds. The molecule has 58 heavy (non-hydrogen) atoms. The topological polar surface area (TPSA) is 130 Å². The van der Waals surface area contributed by atoms with Crippen LogP contribution in [0.4, 0.5) is 0 Å². The van der Waals surface area contributed by atoms with Crippen molar-refractivity contribution in [2.24, 2.45) is 0 Å². The Morgan fingerprint density at radius 2 is 1.41 bits per heavy atom. The number of benzene rings is 4. The van der Waals surface area contributed by atoms with Crippen LogP contribution in [0.25, 0.3) is 17.0 Å². The summed E-state index contributed by atoms with van der Waals surface area (Å²) in [4.78, 5) is 43.8. The molecule has 0 saturated heterocycles. The van der Waals surface area contributed by atoms with Gasteiger partial charge in [-0.15, -0.1) is 23.5 Å². The minimum Gasteiger partial charge on any atom is -0.494 e. The van der Waals surface area contributed by atoms with Gasteiger partial charge in [-0.1, -0.05) is 62.6 Å². The van der Waals surface area contributed by atoms with Gasteiger partial charge in [-0.3, -0.25) is 9.59 Å². The van der Waals surface area contributed by atoms with E-state index in [0.717, 1.165) is 73.7 Å². The average molecular weight is 886 g/mol. The van der Waals surface area contributed by atoms with Crippen LogP contribution in [0, 0.1) is 6.92 Å². The standard InChI is InChI=1S/C46H49BrN2O7S2/c1-31(34-12-14-37(15-13-34)46(53)54)35-18-22-39(23-19-35)57-27-9-7-5-4-6-8-26-55-38-20-16-36(17-21-38)44-48-43(32(2)56-44)45(52)49(3)25-10-28-58-41-24-11-33(29-40(41)47)30-42(50)51/h11-24,29H,1,4-10,25-28,30H2,2-3H3,(H,50,51)(H,53,54). The van der Waals surface area contributed by atoms with E-state index in [1.807, 2.05) is 54.2 Å². The number of oxazole rings is 1. The van der Waals surface area contributed by atoms with Gasteiger partial charge in [0.2, 0.25) is 5.89 Å². The SMILES string of the molecule is C=C(c1ccc(SCCCCCCCCOc2ccc(-c3nc(C(=O)N(C)CCCSc4ccc(CC(=O)O)cc4Br)c(C)o3)cc2)cc1)c1ccc(C(=O)O)cc1. The van der Waals surface area contributed by atoms with Gasteiger partial charge in [-0.2, -0.15) is 0 Å². The lowest BCUT2D eigenvalue weighted by atomic mass is 9.99. The summed E-state index contributed by atoms with van der Waals surface area (Å²) in [5.41, 5.74) is 4.90. The fraction of sp³-hybridized carbons (Fsp3) is 0.304. The maximum atomic E-state index is 13.2. The van der Waals surface area contributed by atoms with Crippen LogP contribution in [-0.2, 0) is 11.2 Å². The summed E-state index contributed by atoms with van der Waals surface area (Å²) < 4.78 is 12.7. The second-order valence-electron chi connectivity index (χ2n) is 13.9. The number of aromatic nitrogens is 1. The van der Waals surface area contributed by atoms with Crippen LogP contribution >= 0.6 is 39.5 Å². The zero-order valence-corrected chi connectivity index (χ0v) is 36.1. The van der Waals surface area contributed by atoms with Crippen molar-refractivity contribution in [2.45, 2.75) is 68.1 Å². The highest BCUT2D eigenvalue weighted by atomic mass is 79.9. The smallest absolute Gasteiger partial charge is 0.335 e. The summed E-state index contributed by atoms with van der Waals surface area (Å²) >= 11 is 7.05.